The fraction of sp³-hybridized carbons (Fsp3) is 0.471. The Labute approximate surface area is 125 Å². The van der Waals surface area contributed by atoms with E-state index in [1.165, 1.54) is 10.9 Å². The van der Waals surface area contributed by atoms with Crippen LogP contribution < -0.4 is 10.1 Å². The quantitative estimate of drug-likeness (QED) is 0.887. The van der Waals surface area contributed by atoms with Crippen LogP contribution in [0.2, 0.25) is 0 Å². The van der Waals surface area contributed by atoms with E-state index in [0.29, 0.717) is 25.0 Å². The van der Waals surface area contributed by atoms with Gasteiger partial charge in [-0.3, -0.25) is 0 Å². The van der Waals surface area contributed by atoms with E-state index in [1.54, 1.807) is 0 Å². The van der Waals surface area contributed by atoms with Gasteiger partial charge in [0, 0.05) is 18.0 Å². The molecule has 112 valence electrons. The lowest BCUT2D eigenvalue weighted by Gasteiger charge is -2.26. The average Bonchev–Trinajstić information content (AvgIpc) is 2.42. The molecule has 2 heterocycles. The second-order valence-corrected chi connectivity index (χ2v) is 5.94. The van der Waals surface area contributed by atoms with E-state index >= 15 is 0 Å². The Morgan fingerprint density at radius 1 is 1.33 bits per heavy atom. The van der Waals surface area contributed by atoms with E-state index in [1.807, 2.05) is 18.2 Å². The van der Waals surface area contributed by atoms with Crippen LogP contribution in [0.15, 0.2) is 30.3 Å². The standard InChI is InChI=1S/C17H22N2O2/c1-12(2)8-18-9-13-7-17(21-14-10-20-11-14)19-16-6-4-3-5-15(13)16/h3-7,12,14,18H,8-11H2,1-2H3. The number of aromatic nitrogens is 1. The third-order valence-electron chi connectivity index (χ3n) is 3.54. The van der Waals surface area contributed by atoms with Gasteiger partial charge in [0.25, 0.3) is 0 Å². The highest BCUT2D eigenvalue weighted by Gasteiger charge is 2.21. The highest BCUT2D eigenvalue weighted by atomic mass is 16.6. The van der Waals surface area contributed by atoms with Crippen molar-refractivity contribution >= 4 is 10.9 Å². The average molecular weight is 286 g/mol. The molecule has 4 heteroatoms. The molecule has 0 radical (unpaired) electrons. The van der Waals surface area contributed by atoms with E-state index in [9.17, 15) is 0 Å². The first-order chi connectivity index (χ1) is 10.2. The number of hydrogen-bond acceptors (Lipinski definition) is 4. The summed E-state index contributed by atoms with van der Waals surface area (Å²) in [4.78, 5) is 4.60. The summed E-state index contributed by atoms with van der Waals surface area (Å²) < 4.78 is 11.0. The molecule has 1 aromatic heterocycles. The lowest BCUT2D eigenvalue weighted by molar-refractivity contribution is -0.0812. The number of para-hydroxylation sites is 1. The summed E-state index contributed by atoms with van der Waals surface area (Å²) in [6.45, 7) is 7.58. The zero-order valence-corrected chi connectivity index (χ0v) is 12.6. The van der Waals surface area contributed by atoms with E-state index in [4.69, 9.17) is 9.47 Å². The second kappa shape index (κ2) is 6.41. The first-order valence-corrected chi connectivity index (χ1v) is 7.56. The maximum atomic E-state index is 5.86. The van der Waals surface area contributed by atoms with E-state index in [0.717, 1.165) is 18.6 Å². The highest BCUT2D eigenvalue weighted by molar-refractivity contribution is 5.82. The summed E-state index contributed by atoms with van der Waals surface area (Å²) >= 11 is 0. The molecule has 0 bridgehead atoms. The fourth-order valence-electron chi connectivity index (χ4n) is 2.38. The predicted octanol–water partition coefficient (Wildman–Crippen LogP) is 2.76. The van der Waals surface area contributed by atoms with Gasteiger partial charge in [0.05, 0.1) is 18.7 Å². The molecule has 3 rings (SSSR count). The topological polar surface area (TPSA) is 43.4 Å². The van der Waals surface area contributed by atoms with Crippen molar-refractivity contribution in [2.24, 2.45) is 5.92 Å². The Balaban J connectivity index is 1.83. The van der Waals surface area contributed by atoms with Crippen LogP contribution in [0.4, 0.5) is 0 Å². The molecule has 1 fully saturated rings. The minimum absolute atomic E-state index is 0.148. The Bertz CT molecular complexity index is 609. The van der Waals surface area contributed by atoms with Crippen LogP contribution in [0.5, 0.6) is 5.88 Å². The minimum Gasteiger partial charge on any atom is -0.469 e. The first-order valence-electron chi connectivity index (χ1n) is 7.56. The summed E-state index contributed by atoms with van der Waals surface area (Å²) in [6.07, 6.45) is 0.148. The van der Waals surface area contributed by atoms with E-state index in [-0.39, 0.29) is 6.10 Å². The zero-order chi connectivity index (χ0) is 14.7. The molecular weight excluding hydrogens is 264 g/mol. The van der Waals surface area contributed by atoms with Crippen LogP contribution in [0, 0.1) is 5.92 Å². The normalized spacial score (nSPS) is 15.4. The van der Waals surface area contributed by atoms with Crippen molar-refractivity contribution < 1.29 is 9.47 Å². The van der Waals surface area contributed by atoms with Gasteiger partial charge in [-0.1, -0.05) is 32.0 Å². The largest absolute Gasteiger partial charge is 0.469 e. The third kappa shape index (κ3) is 3.52. The summed E-state index contributed by atoms with van der Waals surface area (Å²) in [5.41, 5.74) is 2.22. The molecule has 4 nitrogen and oxygen atoms in total. The summed E-state index contributed by atoms with van der Waals surface area (Å²) in [7, 11) is 0. The molecule has 0 spiro atoms. The molecule has 1 aromatic carbocycles. The van der Waals surface area contributed by atoms with Crippen LogP contribution >= 0.6 is 0 Å². The smallest absolute Gasteiger partial charge is 0.214 e. The number of rotatable bonds is 6. The van der Waals surface area contributed by atoms with Gasteiger partial charge in [-0.15, -0.1) is 0 Å². The van der Waals surface area contributed by atoms with Crippen molar-refractivity contribution in [3.8, 4) is 5.88 Å². The number of nitrogens with one attached hydrogen (secondary N) is 1. The summed E-state index contributed by atoms with van der Waals surface area (Å²) in [5.74, 6) is 1.34. The van der Waals surface area contributed by atoms with Gasteiger partial charge in [-0.2, -0.15) is 0 Å². The zero-order valence-electron chi connectivity index (χ0n) is 12.6. The number of fused-ring (bicyclic) bond motifs is 1. The predicted molar refractivity (Wildman–Crippen MR) is 83.5 cm³/mol. The number of hydrogen-bond donors (Lipinski definition) is 1. The maximum absolute atomic E-state index is 5.86. The van der Waals surface area contributed by atoms with Crippen molar-refractivity contribution in [2.75, 3.05) is 19.8 Å². The van der Waals surface area contributed by atoms with Crippen molar-refractivity contribution in [1.29, 1.82) is 0 Å². The van der Waals surface area contributed by atoms with E-state index in [2.05, 4.69) is 36.3 Å². The molecule has 1 saturated heterocycles. The number of benzene rings is 1. The molecule has 0 atom stereocenters. The minimum atomic E-state index is 0.148. The molecular formula is C17H22N2O2. The van der Waals surface area contributed by atoms with E-state index < -0.39 is 0 Å². The van der Waals surface area contributed by atoms with Crippen molar-refractivity contribution in [2.45, 2.75) is 26.5 Å². The molecule has 1 N–H and O–H groups in total. The van der Waals surface area contributed by atoms with Gasteiger partial charge in [-0.05, 0) is 24.1 Å². The fourth-order valence-corrected chi connectivity index (χ4v) is 2.38. The maximum Gasteiger partial charge on any atom is 0.214 e. The van der Waals surface area contributed by atoms with Gasteiger partial charge in [-0.25, -0.2) is 4.98 Å². The van der Waals surface area contributed by atoms with Crippen molar-refractivity contribution in [3.05, 3.63) is 35.9 Å². The highest BCUT2D eigenvalue weighted by Crippen LogP contribution is 2.23. The Kier molecular flexibility index (Phi) is 4.36. The Hall–Kier alpha value is -1.65. The molecule has 21 heavy (non-hydrogen) atoms. The third-order valence-corrected chi connectivity index (χ3v) is 3.54. The first kappa shape index (κ1) is 14.3. The number of ether oxygens (including phenoxy) is 2. The van der Waals surface area contributed by atoms with Crippen LogP contribution in [0.3, 0.4) is 0 Å². The number of pyridine rings is 1. The summed E-state index contributed by atoms with van der Waals surface area (Å²) in [6, 6.07) is 10.3. The molecule has 0 aliphatic carbocycles. The van der Waals surface area contributed by atoms with Crippen LogP contribution in [-0.4, -0.2) is 30.8 Å². The number of nitrogens with zero attached hydrogens (tertiary/aromatic N) is 1. The van der Waals surface area contributed by atoms with Crippen molar-refractivity contribution in [1.82, 2.24) is 10.3 Å². The van der Waals surface area contributed by atoms with Gasteiger partial charge in [0.2, 0.25) is 5.88 Å². The second-order valence-electron chi connectivity index (χ2n) is 5.94. The summed E-state index contributed by atoms with van der Waals surface area (Å²) in [5, 5.41) is 4.68. The van der Waals surface area contributed by atoms with Gasteiger partial charge in [0.1, 0.15) is 6.10 Å². The SMILES string of the molecule is CC(C)CNCc1cc(OC2COC2)nc2ccccc12. The van der Waals surface area contributed by atoms with Gasteiger partial charge in [0.15, 0.2) is 0 Å². The van der Waals surface area contributed by atoms with Crippen LogP contribution in [0.1, 0.15) is 19.4 Å². The molecule has 1 aliphatic heterocycles. The van der Waals surface area contributed by atoms with Crippen LogP contribution in [0.25, 0.3) is 10.9 Å². The van der Waals surface area contributed by atoms with Gasteiger partial charge < -0.3 is 14.8 Å². The lowest BCUT2D eigenvalue weighted by atomic mass is 10.1. The molecule has 0 amide bonds. The molecule has 1 aliphatic rings. The lowest BCUT2D eigenvalue weighted by Crippen LogP contribution is -2.38. The molecule has 0 unspecified atom stereocenters. The van der Waals surface area contributed by atoms with Crippen LogP contribution in [-0.2, 0) is 11.3 Å². The molecule has 2 aromatic rings. The van der Waals surface area contributed by atoms with Gasteiger partial charge >= 0.3 is 0 Å². The molecule has 0 saturated carbocycles. The monoisotopic (exact) mass is 286 g/mol. The Morgan fingerprint density at radius 2 is 2.14 bits per heavy atom. The Morgan fingerprint density at radius 3 is 2.86 bits per heavy atom. The van der Waals surface area contributed by atoms with Crippen molar-refractivity contribution in [3.63, 3.8) is 0 Å².